The monoisotopic (exact) mass is 436 g/mol. The lowest BCUT2D eigenvalue weighted by Crippen LogP contribution is -2.32. The highest BCUT2D eigenvalue weighted by atomic mass is 16.5. The van der Waals surface area contributed by atoms with Crippen molar-refractivity contribution in [3.05, 3.63) is 65.7 Å². The van der Waals surface area contributed by atoms with Crippen LogP contribution in [-0.2, 0) is 19.7 Å². The van der Waals surface area contributed by atoms with Gasteiger partial charge in [-0.3, -0.25) is 19.7 Å². The summed E-state index contributed by atoms with van der Waals surface area (Å²) in [4.78, 5) is 36.0. The molecule has 0 spiro atoms. The summed E-state index contributed by atoms with van der Waals surface area (Å²) in [6, 6.07) is 16.1. The summed E-state index contributed by atoms with van der Waals surface area (Å²) in [7, 11) is 0. The first-order valence-electron chi connectivity index (χ1n) is 9.95. The molecule has 0 saturated carbocycles. The maximum atomic E-state index is 12.2. The first-order chi connectivity index (χ1) is 15.2. The minimum absolute atomic E-state index is 0.0241. The average Bonchev–Trinajstić information content (AvgIpc) is 3.24. The zero-order valence-electron chi connectivity index (χ0n) is 18.0. The fourth-order valence-corrected chi connectivity index (χ4v) is 2.70. The molecule has 166 valence electrons. The third-order valence-electron chi connectivity index (χ3n) is 4.46. The van der Waals surface area contributed by atoms with Crippen LogP contribution in [0.5, 0.6) is 0 Å². The second-order valence-electron chi connectivity index (χ2n) is 8.00. The number of nitrogens with zero attached hydrogens (tertiary/aromatic N) is 2. The number of hydrogen-bond donors (Lipinski definition) is 2. The lowest BCUT2D eigenvalue weighted by Gasteiger charge is -2.19. The number of aromatic nitrogens is 2. The quantitative estimate of drug-likeness (QED) is 0.546. The van der Waals surface area contributed by atoms with Gasteiger partial charge in [0.2, 0.25) is 5.89 Å². The van der Waals surface area contributed by atoms with E-state index in [1.807, 2.05) is 30.3 Å². The summed E-state index contributed by atoms with van der Waals surface area (Å²) < 4.78 is 10.2. The zero-order valence-corrected chi connectivity index (χ0v) is 18.0. The van der Waals surface area contributed by atoms with Gasteiger partial charge in [-0.1, -0.05) is 56.2 Å². The summed E-state index contributed by atoms with van der Waals surface area (Å²) in [5.74, 6) is -1.57. The second kappa shape index (κ2) is 9.86. The van der Waals surface area contributed by atoms with Crippen molar-refractivity contribution in [2.24, 2.45) is 0 Å². The van der Waals surface area contributed by atoms with E-state index < -0.39 is 24.4 Å². The maximum absolute atomic E-state index is 12.2. The van der Waals surface area contributed by atoms with E-state index in [0.717, 1.165) is 5.56 Å². The number of anilines is 1. The predicted molar refractivity (Wildman–Crippen MR) is 117 cm³/mol. The van der Waals surface area contributed by atoms with Gasteiger partial charge in [0.25, 0.3) is 11.8 Å². The van der Waals surface area contributed by atoms with Gasteiger partial charge >= 0.3 is 12.0 Å². The van der Waals surface area contributed by atoms with E-state index in [-0.39, 0.29) is 23.9 Å². The number of ether oxygens (including phenoxy) is 1. The molecule has 0 aliphatic rings. The Morgan fingerprint density at radius 3 is 2.31 bits per heavy atom. The second-order valence-corrected chi connectivity index (χ2v) is 8.00. The molecule has 0 aliphatic heterocycles. The van der Waals surface area contributed by atoms with E-state index in [1.165, 1.54) is 0 Å². The molecule has 2 N–H and O–H groups in total. The molecule has 1 aromatic heterocycles. The van der Waals surface area contributed by atoms with Crippen LogP contribution in [0.15, 0.2) is 59.0 Å². The Labute approximate surface area is 185 Å². The smallest absolute Gasteiger partial charge is 0.325 e. The normalized spacial score (nSPS) is 11.0. The van der Waals surface area contributed by atoms with Crippen molar-refractivity contribution in [3.8, 4) is 11.5 Å². The molecular weight excluding hydrogens is 412 g/mol. The summed E-state index contributed by atoms with van der Waals surface area (Å²) in [5, 5.41) is 12.4. The molecule has 3 aromatic rings. The number of nitrogens with one attached hydrogen (secondary N) is 2. The van der Waals surface area contributed by atoms with Crippen LogP contribution < -0.4 is 10.6 Å². The maximum Gasteiger partial charge on any atom is 0.325 e. The standard InChI is InChI=1S/C23H24N4O5/c1-23(2,3)17-11-9-15(10-12-17)20(30)24-13-19(29)31-14-18(28)25-22-27-26-21(32-22)16-7-5-4-6-8-16/h4-12H,13-14H2,1-3H3,(H,24,30)(H,25,27,28). The minimum Gasteiger partial charge on any atom is -0.454 e. The summed E-state index contributed by atoms with van der Waals surface area (Å²) >= 11 is 0. The predicted octanol–water partition coefficient (Wildman–Crippen LogP) is 2.95. The van der Waals surface area contributed by atoms with Crippen LogP contribution in [0.1, 0.15) is 36.7 Å². The van der Waals surface area contributed by atoms with Crippen molar-refractivity contribution in [2.75, 3.05) is 18.5 Å². The molecule has 3 rings (SSSR count). The molecule has 1 heterocycles. The molecular formula is C23H24N4O5. The summed E-state index contributed by atoms with van der Waals surface area (Å²) in [5.41, 5.74) is 2.20. The van der Waals surface area contributed by atoms with E-state index in [4.69, 9.17) is 9.15 Å². The summed E-state index contributed by atoms with van der Waals surface area (Å²) in [6.07, 6.45) is 0. The van der Waals surface area contributed by atoms with Crippen molar-refractivity contribution in [2.45, 2.75) is 26.2 Å². The van der Waals surface area contributed by atoms with Crippen molar-refractivity contribution in [1.29, 1.82) is 0 Å². The van der Waals surface area contributed by atoms with E-state index in [1.54, 1.807) is 24.3 Å². The fourth-order valence-electron chi connectivity index (χ4n) is 2.70. The SMILES string of the molecule is CC(C)(C)c1ccc(C(=O)NCC(=O)OCC(=O)Nc2nnc(-c3ccccc3)o2)cc1. The molecule has 0 bridgehead atoms. The number of hydrogen-bond acceptors (Lipinski definition) is 7. The average molecular weight is 436 g/mol. The van der Waals surface area contributed by atoms with Crippen molar-refractivity contribution >= 4 is 23.8 Å². The molecule has 0 fully saturated rings. The zero-order chi connectivity index (χ0) is 23.1. The van der Waals surface area contributed by atoms with Gasteiger partial charge in [0.15, 0.2) is 6.61 Å². The van der Waals surface area contributed by atoms with Gasteiger partial charge in [-0.2, -0.15) is 0 Å². The van der Waals surface area contributed by atoms with Gasteiger partial charge < -0.3 is 14.5 Å². The first-order valence-corrected chi connectivity index (χ1v) is 9.95. The van der Waals surface area contributed by atoms with Crippen LogP contribution in [0, 0.1) is 0 Å². The van der Waals surface area contributed by atoms with Gasteiger partial charge in [0, 0.05) is 11.1 Å². The van der Waals surface area contributed by atoms with Crippen LogP contribution in [0.25, 0.3) is 11.5 Å². The molecule has 2 amide bonds. The van der Waals surface area contributed by atoms with Crippen LogP contribution in [0.4, 0.5) is 6.01 Å². The van der Waals surface area contributed by atoms with Gasteiger partial charge in [0.05, 0.1) is 0 Å². The van der Waals surface area contributed by atoms with Crippen LogP contribution in [0.2, 0.25) is 0 Å². The molecule has 9 nitrogen and oxygen atoms in total. The van der Waals surface area contributed by atoms with Crippen LogP contribution >= 0.6 is 0 Å². The summed E-state index contributed by atoms with van der Waals surface area (Å²) in [6.45, 7) is 5.31. The van der Waals surface area contributed by atoms with E-state index in [9.17, 15) is 14.4 Å². The molecule has 0 atom stereocenters. The topological polar surface area (TPSA) is 123 Å². The number of carbonyl (C=O) groups excluding carboxylic acids is 3. The van der Waals surface area contributed by atoms with Crippen molar-refractivity contribution in [3.63, 3.8) is 0 Å². The number of rotatable bonds is 7. The number of benzene rings is 2. The number of carbonyl (C=O) groups is 3. The Balaban J connectivity index is 1.41. The van der Waals surface area contributed by atoms with Crippen molar-refractivity contribution < 1.29 is 23.5 Å². The number of amides is 2. The largest absolute Gasteiger partial charge is 0.454 e. The molecule has 9 heteroatoms. The fraction of sp³-hybridized carbons (Fsp3) is 0.261. The number of esters is 1. The van der Waals surface area contributed by atoms with Gasteiger partial charge in [-0.15, -0.1) is 5.10 Å². The molecule has 0 radical (unpaired) electrons. The van der Waals surface area contributed by atoms with Crippen LogP contribution in [-0.4, -0.2) is 41.1 Å². The van der Waals surface area contributed by atoms with Crippen LogP contribution in [0.3, 0.4) is 0 Å². The van der Waals surface area contributed by atoms with Crippen molar-refractivity contribution in [1.82, 2.24) is 15.5 Å². The molecule has 0 unspecified atom stereocenters. The van der Waals surface area contributed by atoms with E-state index in [0.29, 0.717) is 11.1 Å². The molecule has 0 saturated heterocycles. The first kappa shape index (κ1) is 22.7. The Bertz CT molecular complexity index is 1090. The molecule has 2 aromatic carbocycles. The van der Waals surface area contributed by atoms with Gasteiger partial charge in [-0.25, -0.2) is 0 Å². The Morgan fingerprint density at radius 2 is 1.66 bits per heavy atom. The van der Waals surface area contributed by atoms with E-state index in [2.05, 4.69) is 41.6 Å². The third kappa shape index (κ3) is 6.24. The highest BCUT2D eigenvalue weighted by molar-refractivity contribution is 5.96. The van der Waals surface area contributed by atoms with E-state index >= 15 is 0 Å². The third-order valence-corrected chi connectivity index (χ3v) is 4.46. The minimum atomic E-state index is -0.754. The molecule has 32 heavy (non-hydrogen) atoms. The lowest BCUT2D eigenvalue weighted by atomic mass is 9.87. The highest BCUT2D eigenvalue weighted by Gasteiger charge is 2.16. The van der Waals surface area contributed by atoms with Gasteiger partial charge in [0.1, 0.15) is 6.54 Å². The Hall–Kier alpha value is -4.01. The highest BCUT2D eigenvalue weighted by Crippen LogP contribution is 2.22. The molecule has 0 aliphatic carbocycles. The lowest BCUT2D eigenvalue weighted by molar-refractivity contribution is -0.146. The van der Waals surface area contributed by atoms with Gasteiger partial charge in [-0.05, 0) is 35.2 Å². The Morgan fingerprint density at radius 1 is 0.969 bits per heavy atom. The Kier molecular flexibility index (Phi) is 6.99.